The van der Waals surface area contributed by atoms with Crippen LogP contribution in [-0.4, -0.2) is 31.7 Å². The summed E-state index contributed by atoms with van der Waals surface area (Å²) in [5, 5.41) is 3.24. The zero-order chi connectivity index (χ0) is 17.4. The first-order chi connectivity index (χ1) is 11.6. The highest BCUT2D eigenvalue weighted by molar-refractivity contribution is 6.32. The Hall–Kier alpha value is -2.53. The van der Waals surface area contributed by atoms with Crippen LogP contribution < -0.4 is 14.8 Å². The molecule has 1 aromatic carbocycles. The number of halogens is 1. The quantitative estimate of drug-likeness (QED) is 0.782. The monoisotopic (exact) mass is 346 g/mol. The number of pyridine rings is 1. The van der Waals surface area contributed by atoms with Crippen molar-refractivity contribution in [3.63, 3.8) is 0 Å². The molecule has 0 aliphatic rings. The van der Waals surface area contributed by atoms with Gasteiger partial charge in [0.05, 0.1) is 19.2 Å². The Labute approximate surface area is 146 Å². The van der Waals surface area contributed by atoms with E-state index in [1.54, 1.807) is 24.4 Å². The van der Waals surface area contributed by atoms with Gasteiger partial charge in [0.15, 0.2) is 11.5 Å². The largest absolute Gasteiger partial charge is 0.493 e. The Balaban J connectivity index is 1.92. The summed E-state index contributed by atoms with van der Waals surface area (Å²) in [6.07, 6.45) is 5.54. The molecule has 1 heterocycles. The highest BCUT2D eigenvalue weighted by Gasteiger charge is 2.09. The fourth-order valence-corrected chi connectivity index (χ4v) is 2.42. The normalized spacial score (nSPS) is 10.6. The molecule has 0 atom stereocenters. The number of amides is 1. The van der Waals surface area contributed by atoms with Gasteiger partial charge in [-0.15, -0.1) is 0 Å². The van der Waals surface area contributed by atoms with E-state index in [4.69, 9.17) is 21.1 Å². The number of benzene rings is 1. The SMILES string of the molecule is COc1cc(/C=C/C(=O)NCCc2ccccn2)cc(Cl)c1OC. The van der Waals surface area contributed by atoms with Gasteiger partial charge in [0.1, 0.15) is 0 Å². The Morgan fingerprint density at radius 3 is 2.79 bits per heavy atom. The first-order valence-electron chi connectivity index (χ1n) is 7.41. The second-order valence-corrected chi connectivity index (χ2v) is 5.34. The van der Waals surface area contributed by atoms with Crippen molar-refractivity contribution in [2.75, 3.05) is 20.8 Å². The van der Waals surface area contributed by atoms with Crippen LogP contribution in [0, 0.1) is 0 Å². The van der Waals surface area contributed by atoms with Crippen molar-refractivity contribution in [3.05, 3.63) is 58.9 Å². The van der Waals surface area contributed by atoms with Gasteiger partial charge in [-0.05, 0) is 35.9 Å². The number of carbonyl (C=O) groups excluding carboxylic acids is 1. The molecule has 126 valence electrons. The van der Waals surface area contributed by atoms with Gasteiger partial charge in [-0.2, -0.15) is 0 Å². The molecule has 0 saturated carbocycles. The molecule has 0 saturated heterocycles. The van der Waals surface area contributed by atoms with Crippen LogP contribution in [0.3, 0.4) is 0 Å². The van der Waals surface area contributed by atoms with Gasteiger partial charge in [0.25, 0.3) is 0 Å². The van der Waals surface area contributed by atoms with Crippen molar-refractivity contribution in [2.24, 2.45) is 0 Å². The third-order valence-corrected chi connectivity index (χ3v) is 3.57. The molecule has 0 aliphatic heterocycles. The lowest BCUT2D eigenvalue weighted by molar-refractivity contribution is -0.116. The summed E-state index contributed by atoms with van der Waals surface area (Å²) < 4.78 is 10.4. The summed E-state index contributed by atoms with van der Waals surface area (Å²) in [4.78, 5) is 16.1. The van der Waals surface area contributed by atoms with E-state index in [1.807, 2.05) is 18.2 Å². The average Bonchev–Trinajstić information content (AvgIpc) is 2.60. The summed E-state index contributed by atoms with van der Waals surface area (Å²) >= 11 is 6.13. The number of nitrogens with one attached hydrogen (secondary N) is 1. The highest BCUT2D eigenvalue weighted by atomic mass is 35.5. The van der Waals surface area contributed by atoms with Crippen LogP contribution in [0.5, 0.6) is 11.5 Å². The molecule has 2 aromatic rings. The van der Waals surface area contributed by atoms with Crippen molar-refractivity contribution in [1.29, 1.82) is 0 Å². The lowest BCUT2D eigenvalue weighted by Gasteiger charge is -2.10. The third kappa shape index (κ3) is 4.99. The van der Waals surface area contributed by atoms with Gasteiger partial charge >= 0.3 is 0 Å². The molecule has 0 radical (unpaired) electrons. The van der Waals surface area contributed by atoms with Crippen LogP contribution in [0.1, 0.15) is 11.3 Å². The lowest BCUT2D eigenvalue weighted by atomic mass is 10.2. The summed E-state index contributed by atoms with van der Waals surface area (Å²) in [6.45, 7) is 0.521. The second kappa shape index (κ2) is 8.93. The first kappa shape index (κ1) is 17.8. The number of carbonyl (C=O) groups is 1. The van der Waals surface area contributed by atoms with E-state index in [1.165, 1.54) is 20.3 Å². The fourth-order valence-electron chi connectivity index (χ4n) is 2.12. The molecule has 0 spiro atoms. The predicted octanol–water partition coefficient (Wildman–Crippen LogP) is 3.12. The molecular formula is C18H19ClN2O3. The van der Waals surface area contributed by atoms with E-state index < -0.39 is 0 Å². The zero-order valence-corrected chi connectivity index (χ0v) is 14.3. The molecule has 2 rings (SSSR count). The van der Waals surface area contributed by atoms with E-state index in [-0.39, 0.29) is 5.91 Å². The molecule has 0 bridgehead atoms. The molecule has 24 heavy (non-hydrogen) atoms. The third-order valence-electron chi connectivity index (χ3n) is 3.29. The highest BCUT2D eigenvalue weighted by Crippen LogP contribution is 2.36. The topological polar surface area (TPSA) is 60.5 Å². The summed E-state index contributed by atoms with van der Waals surface area (Å²) in [7, 11) is 3.06. The smallest absolute Gasteiger partial charge is 0.244 e. The van der Waals surface area contributed by atoms with Gasteiger partial charge in [-0.3, -0.25) is 9.78 Å². The van der Waals surface area contributed by atoms with Crippen molar-refractivity contribution >= 4 is 23.6 Å². The van der Waals surface area contributed by atoms with E-state index in [9.17, 15) is 4.79 Å². The number of methoxy groups -OCH3 is 2. The van der Waals surface area contributed by atoms with Crippen LogP contribution in [0.2, 0.25) is 5.02 Å². The maximum atomic E-state index is 11.9. The molecule has 1 N–H and O–H groups in total. The van der Waals surface area contributed by atoms with Gasteiger partial charge < -0.3 is 14.8 Å². The van der Waals surface area contributed by atoms with Crippen LogP contribution in [0.4, 0.5) is 0 Å². The molecule has 6 heteroatoms. The van der Waals surface area contributed by atoms with Crippen LogP contribution >= 0.6 is 11.6 Å². The van der Waals surface area contributed by atoms with E-state index in [2.05, 4.69) is 10.3 Å². The number of aromatic nitrogens is 1. The van der Waals surface area contributed by atoms with E-state index >= 15 is 0 Å². The maximum absolute atomic E-state index is 11.9. The van der Waals surface area contributed by atoms with Crippen LogP contribution in [0.25, 0.3) is 6.08 Å². The second-order valence-electron chi connectivity index (χ2n) is 4.93. The van der Waals surface area contributed by atoms with Crippen LogP contribution in [0.15, 0.2) is 42.6 Å². The summed E-state index contributed by atoms with van der Waals surface area (Å²) in [6, 6.07) is 9.17. The summed E-state index contributed by atoms with van der Waals surface area (Å²) in [5.74, 6) is 0.799. The molecule has 1 aromatic heterocycles. The summed E-state index contributed by atoms with van der Waals surface area (Å²) in [5.41, 5.74) is 1.69. The first-order valence-corrected chi connectivity index (χ1v) is 7.79. The van der Waals surface area contributed by atoms with Crippen molar-refractivity contribution in [1.82, 2.24) is 10.3 Å². The van der Waals surface area contributed by atoms with Gasteiger partial charge in [-0.1, -0.05) is 17.7 Å². The molecule has 0 aliphatic carbocycles. The number of hydrogen-bond donors (Lipinski definition) is 1. The number of hydrogen-bond acceptors (Lipinski definition) is 4. The molecule has 5 nitrogen and oxygen atoms in total. The van der Waals surface area contributed by atoms with Gasteiger partial charge in [0.2, 0.25) is 5.91 Å². The Morgan fingerprint density at radius 1 is 1.29 bits per heavy atom. The Morgan fingerprint density at radius 2 is 2.12 bits per heavy atom. The van der Waals surface area contributed by atoms with E-state index in [0.717, 1.165) is 11.3 Å². The minimum atomic E-state index is -0.183. The minimum Gasteiger partial charge on any atom is -0.493 e. The molecule has 0 fully saturated rings. The fraction of sp³-hybridized carbons (Fsp3) is 0.222. The standard InChI is InChI=1S/C18H19ClN2O3/c1-23-16-12-13(11-15(19)18(16)24-2)6-7-17(22)21-10-8-14-5-3-4-9-20-14/h3-7,9,11-12H,8,10H2,1-2H3,(H,21,22)/b7-6+. The predicted molar refractivity (Wildman–Crippen MR) is 94.5 cm³/mol. The van der Waals surface area contributed by atoms with Crippen LogP contribution in [-0.2, 0) is 11.2 Å². The maximum Gasteiger partial charge on any atom is 0.244 e. The van der Waals surface area contributed by atoms with Crippen molar-refractivity contribution in [3.8, 4) is 11.5 Å². The molecular weight excluding hydrogens is 328 g/mol. The van der Waals surface area contributed by atoms with Crippen molar-refractivity contribution < 1.29 is 14.3 Å². The number of rotatable bonds is 7. The number of ether oxygens (including phenoxy) is 2. The average molecular weight is 347 g/mol. The molecule has 1 amide bonds. The minimum absolute atomic E-state index is 0.183. The van der Waals surface area contributed by atoms with Gasteiger partial charge in [0, 0.05) is 30.9 Å². The molecule has 0 unspecified atom stereocenters. The Kier molecular flexibility index (Phi) is 6.63. The van der Waals surface area contributed by atoms with Crippen molar-refractivity contribution in [2.45, 2.75) is 6.42 Å². The lowest BCUT2D eigenvalue weighted by Crippen LogP contribution is -2.23. The Bertz CT molecular complexity index is 718. The number of nitrogens with zero attached hydrogens (tertiary/aromatic N) is 1. The van der Waals surface area contributed by atoms with E-state index in [0.29, 0.717) is 29.5 Å². The van der Waals surface area contributed by atoms with Gasteiger partial charge in [-0.25, -0.2) is 0 Å². The zero-order valence-electron chi connectivity index (χ0n) is 13.6.